The monoisotopic (exact) mass is 279 g/mol. The van der Waals surface area contributed by atoms with Crippen molar-refractivity contribution in [2.75, 3.05) is 0 Å². The third-order valence-corrected chi connectivity index (χ3v) is 3.21. The Hall–Kier alpha value is -1.52. The van der Waals surface area contributed by atoms with E-state index in [1.54, 1.807) is 6.20 Å². The van der Waals surface area contributed by atoms with Crippen LogP contribution in [0.3, 0.4) is 0 Å². The van der Waals surface area contributed by atoms with E-state index in [2.05, 4.69) is 18.9 Å². The molecule has 0 amide bonds. The van der Waals surface area contributed by atoms with Crippen LogP contribution in [0, 0.1) is 0 Å². The summed E-state index contributed by atoms with van der Waals surface area (Å²) in [5, 5.41) is 4.90. The number of rotatable bonds is 5. The minimum atomic E-state index is 0.324. The van der Waals surface area contributed by atoms with Crippen molar-refractivity contribution in [1.29, 1.82) is 0 Å². The molecule has 5 heteroatoms. The van der Waals surface area contributed by atoms with Crippen LogP contribution in [0.2, 0.25) is 5.02 Å². The maximum absolute atomic E-state index is 6.17. The third kappa shape index (κ3) is 3.49. The van der Waals surface area contributed by atoms with Gasteiger partial charge in [0.05, 0.1) is 12.4 Å². The first-order valence-corrected chi connectivity index (χ1v) is 6.62. The molecule has 0 saturated carbocycles. The van der Waals surface area contributed by atoms with Crippen molar-refractivity contribution in [3.63, 3.8) is 0 Å². The molecule has 0 aliphatic heterocycles. The van der Waals surface area contributed by atoms with E-state index in [-0.39, 0.29) is 0 Å². The average Bonchev–Trinajstić information content (AvgIpc) is 2.86. The molecule has 2 rings (SSSR count). The number of hydrogen-bond donors (Lipinski definition) is 1. The van der Waals surface area contributed by atoms with Gasteiger partial charge in [0.2, 0.25) is 0 Å². The van der Waals surface area contributed by atoms with E-state index < -0.39 is 0 Å². The Morgan fingerprint density at radius 3 is 2.79 bits per heavy atom. The van der Waals surface area contributed by atoms with Crippen molar-refractivity contribution in [3.8, 4) is 5.75 Å². The van der Waals surface area contributed by atoms with Gasteiger partial charge >= 0.3 is 0 Å². The molecule has 0 unspecified atom stereocenters. The highest BCUT2D eigenvalue weighted by molar-refractivity contribution is 6.31. The number of ether oxygens (including phenoxy) is 1. The summed E-state index contributed by atoms with van der Waals surface area (Å²) in [5.74, 6) is 0.743. The minimum Gasteiger partial charge on any atom is -0.486 e. The summed E-state index contributed by atoms with van der Waals surface area (Å²) in [5.41, 5.74) is 7.52. The first kappa shape index (κ1) is 13.9. The number of nitrogens with zero attached hydrogens (tertiary/aromatic N) is 2. The molecule has 1 aromatic carbocycles. The van der Waals surface area contributed by atoms with Crippen LogP contribution < -0.4 is 10.5 Å². The van der Waals surface area contributed by atoms with E-state index in [0.29, 0.717) is 24.2 Å². The van der Waals surface area contributed by atoms with Crippen molar-refractivity contribution in [3.05, 3.63) is 46.7 Å². The van der Waals surface area contributed by atoms with Gasteiger partial charge in [-0.3, -0.25) is 4.68 Å². The van der Waals surface area contributed by atoms with Crippen LogP contribution in [0.15, 0.2) is 30.6 Å². The topological polar surface area (TPSA) is 53.1 Å². The fourth-order valence-corrected chi connectivity index (χ4v) is 1.93. The second-order valence-electron chi connectivity index (χ2n) is 4.67. The van der Waals surface area contributed by atoms with E-state index in [4.69, 9.17) is 22.1 Å². The molecule has 0 bridgehead atoms. The molecule has 0 radical (unpaired) electrons. The Labute approximate surface area is 118 Å². The van der Waals surface area contributed by atoms with Gasteiger partial charge < -0.3 is 10.5 Å². The van der Waals surface area contributed by atoms with Gasteiger partial charge in [-0.25, -0.2) is 0 Å². The molecule has 0 fully saturated rings. The SMILES string of the molecule is CC(C)n1cc(OCc2ccc(CN)cc2Cl)cn1. The zero-order chi connectivity index (χ0) is 13.8. The lowest BCUT2D eigenvalue weighted by Crippen LogP contribution is -2.01. The normalized spacial score (nSPS) is 11.0. The summed E-state index contributed by atoms with van der Waals surface area (Å²) in [7, 11) is 0. The molecule has 0 aliphatic rings. The summed E-state index contributed by atoms with van der Waals surface area (Å²) in [6.07, 6.45) is 3.59. The van der Waals surface area contributed by atoms with Crippen molar-refractivity contribution >= 4 is 11.6 Å². The number of hydrogen-bond acceptors (Lipinski definition) is 3. The summed E-state index contributed by atoms with van der Waals surface area (Å²) < 4.78 is 7.53. The van der Waals surface area contributed by atoms with Gasteiger partial charge in [-0.05, 0) is 25.5 Å². The van der Waals surface area contributed by atoms with Crippen LogP contribution in [-0.2, 0) is 13.2 Å². The van der Waals surface area contributed by atoms with Crippen LogP contribution in [-0.4, -0.2) is 9.78 Å². The van der Waals surface area contributed by atoms with Gasteiger partial charge in [-0.15, -0.1) is 0 Å². The summed E-state index contributed by atoms with van der Waals surface area (Å²) in [6.45, 7) is 5.05. The quantitative estimate of drug-likeness (QED) is 0.915. The maximum Gasteiger partial charge on any atom is 0.157 e. The van der Waals surface area contributed by atoms with Crippen LogP contribution in [0.5, 0.6) is 5.75 Å². The van der Waals surface area contributed by atoms with Gasteiger partial charge in [0.1, 0.15) is 6.61 Å². The highest BCUT2D eigenvalue weighted by Crippen LogP contribution is 2.20. The molecule has 0 spiro atoms. The third-order valence-electron chi connectivity index (χ3n) is 2.85. The lowest BCUT2D eigenvalue weighted by molar-refractivity contribution is 0.305. The molecule has 102 valence electrons. The molecule has 2 aromatic rings. The predicted molar refractivity (Wildman–Crippen MR) is 76.3 cm³/mol. The highest BCUT2D eigenvalue weighted by atomic mass is 35.5. The first-order chi connectivity index (χ1) is 9.10. The molecule has 1 heterocycles. The van der Waals surface area contributed by atoms with E-state index in [9.17, 15) is 0 Å². The Morgan fingerprint density at radius 1 is 1.42 bits per heavy atom. The fourth-order valence-electron chi connectivity index (χ4n) is 1.67. The molecule has 1 aromatic heterocycles. The number of nitrogens with two attached hydrogens (primary N) is 1. The number of aromatic nitrogens is 2. The Kier molecular flexibility index (Phi) is 4.45. The van der Waals surface area contributed by atoms with Crippen LogP contribution >= 0.6 is 11.6 Å². The van der Waals surface area contributed by atoms with E-state index in [1.807, 2.05) is 29.1 Å². The molecule has 0 saturated heterocycles. The maximum atomic E-state index is 6.17. The average molecular weight is 280 g/mol. The zero-order valence-corrected chi connectivity index (χ0v) is 11.9. The highest BCUT2D eigenvalue weighted by Gasteiger charge is 2.05. The van der Waals surface area contributed by atoms with Crippen LogP contribution in [0.4, 0.5) is 0 Å². The lowest BCUT2D eigenvalue weighted by Gasteiger charge is -2.07. The van der Waals surface area contributed by atoms with E-state index >= 15 is 0 Å². The summed E-state index contributed by atoms with van der Waals surface area (Å²) in [4.78, 5) is 0. The molecular weight excluding hydrogens is 262 g/mol. The van der Waals surface area contributed by atoms with Crippen LogP contribution in [0.1, 0.15) is 31.0 Å². The van der Waals surface area contributed by atoms with Crippen molar-refractivity contribution in [2.45, 2.75) is 33.0 Å². The molecule has 4 nitrogen and oxygen atoms in total. The second kappa shape index (κ2) is 6.08. The van der Waals surface area contributed by atoms with Gasteiger partial charge in [0.25, 0.3) is 0 Å². The molecular formula is C14H18ClN3O. The van der Waals surface area contributed by atoms with Crippen molar-refractivity contribution in [2.24, 2.45) is 5.73 Å². The Balaban J connectivity index is 2.01. The predicted octanol–water partition coefficient (Wildman–Crippen LogP) is 3.16. The lowest BCUT2D eigenvalue weighted by atomic mass is 10.1. The molecule has 19 heavy (non-hydrogen) atoms. The minimum absolute atomic E-state index is 0.324. The molecule has 2 N–H and O–H groups in total. The number of halogens is 1. The number of benzene rings is 1. The standard InChI is InChI=1S/C14H18ClN3O/c1-10(2)18-8-13(7-17-18)19-9-12-4-3-11(6-16)5-14(12)15/h3-5,7-8,10H,6,9,16H2,1-2H3. The van der Waals surface area contributed by atoms with Gasteiger partial charge in [0.15, 0.2) is 5.75 Å². The summed E-state index contributed by atoms with van der Waals surface area (Å²) >= 11 is 6.17. The van der Waals surface area contributed by atoms with E-state index in [0.717, 1.165) is 16.9 Å². The second-order valence-corrected chi connectivity index (χ2v) is 5.08. The smallest absolute Gasteiger partial charge is 0.157 e. The largest absolute Gasteiger partial charge is 0.486 e. The van der Waals surface area contributed by atoms with Gasteiger partial charge in [-0.1, -0.05) is 23.7 Å². The van der Waals surface area contributed by atoms with Crippen molar-refractivity contribution < 1.29 is 4.74 Å². The fraction of sp³-hybridized carbons (Fsp3) is 0.357. The van der Waals surface area contributed by atoms with Crippen LogP contribution in [0.25, 0.3) is 0 Å². The Morgan fingerprint density at radius 2 is 2.21 bits per heavy atom. The van der Waals surface area contributed by atoms with Gasteiger partial charge in [0, 0.05) is 23.2 Å². The summed E-state index contributed by atoms with van der Waals surface area (Å²) in [6, 6.07) is 6.10. The molecule has 0 aliphatic carbocycles. The van der Waals surface area contributed by atoms with E-state index in [1.165, 1.54) is 0 Å². The Bertz CT molecular complexity index is 551. The first-order valence-electron chi connectivity index (χ1n) is 6.24. The zero-order valence-electron chi connectivity index (χ0n) is 11.1. The van der Waals surface area contributed by atoms with Gasteiger partial charge in [-0.2, -0.15) is 5.10 Å². The molecule has 0 atom stereocenters. The van der Waals surface area contributed by atoms with Crippen molar-refractivity contribution in [1.82, 2.24) is 9.78 Å².